The highest BCUT2D eigenvalue weighted by Crippen LogP contribution is 2.27. The summed E-state index contributed by atoms with van der Waals surface area (Å²) in [6, 6.07) is 4.01. The van der Waals surface area contributed by atoms with E-state index in [1.165, 1.54) is 5.57 Å². The van der Waals surface area contributed by atoms with Crippen LogP contribution in [0.15, 0.2) is 17.5 Å². The molecule has 0 saturated carbocycles. The molecule has 0 saturated heterocycles. The van der Waals surface area contributed by atoms with Crippen LogP contribution in [0, 0.1) is 11.3 Å². The number of hydrogen-bond donors (Lipinski definition) is 1. The van der Waals surface area contributed by atoms with Crippen LogP contribution in [0.4, 0.5) is 5.69 Å². The molecule has 0 atom stereocenters. The number of nitriles is 1. The molecule has 0 unspecified atom stereocenters. The van der Waals surface area contributed by atoms with Crippen LogP contribution in [-0.2, 0) is 0 Å². The Bertz CT molecular complexity index is 344. The second-order valence-corrected chi connectivity index (χ2v) is 3.71. The van der Waals surface area contributed by atoms with Gasteiger partial charge in [0.2, 0.25) is 0 Å². The molecule has 0 aromatic carbocycles. The monoisotopic (exact) mass is 192 g/mol. The lowest BCUT2D eigenvalue weighted by molar-refractivity contribution is 1.06. The molecule has 1 heterocycles. The van der Waals surface area contributed by atoms with E-state index in [0.717, 1.165) is 17.0 Å². The van der Waals surface area contributed by atoms with Gasteiger partial charge < -0.3 is 5.73 Å². The molecule has 0 amide bonds. The van der Waals surface area contributed by atoms with Crippen LogP contribution in [0.1, 0.15) is 24.6 Å². The highest BCUT2D eigenvalue weighted by Gasteiger charge is 2.01. The predicted octanol–water partition coefficient (Wildman–Crippen LogP) is 3.04. The molecule has 0 aliphatic heterocycles. The molecule has 1 aromatic heterocycles. The van der Waals surface area contributed by atoms with Crippen LogP contribution in [0.5, 0.6) is 0 Å². The minimum atomic E-state index is 0.572. The molecule has 2 N–H and O–H groups in total. The van der Waals surface area contributed by atoms with Crippen LogP contribution < -0.4 is 5.73 Å². The quantitative estimate of drug-likeness (QED) is 0.748. The zero-order valence-corrected chi connectivity index (χ0v) is 8.40. The van der Waals surface area contributed by atoms with Crippen molar-refractivity contribution in [2.75, 3.05) is 5.73 Å². The summed E-state index contributed by atoms with van der Waals surface area (Å²) in [5, 5.41) is 10.3. The maximum Gasteiger partial charge on any atom is 0.0625 e. The summed E-state index contributed by atoms with van der Waals surface area (Å²) in [5.41, 5.74) is 7.75. The van der Waals surface area contributed by atoms with Gasteiger partial charge in [0.1, 0.15) is 0 Å². The molecule has 0 bridgehead atoms. The number of nitrogens with zero attached hydrogens (tertiary/aromatic N) is 1. The fourth-order valence-corrected chi connectivity index (χ4v) is 1.91. The van der Waals surface area contributed by atoms with Gasteiger partial charge in [-0.15, -0.1) is 11.3 Å². The first-order valence-corrected chi connectivity index (χ1v) is 5.00. The Morgan fingerprint density at radius 1 is 1.77 bits per heavy atom. The highest BCUT2D eigenvalue weighted by atomic mass is 32.1. The molecule has 13 heavy (non-hydrogen) atoms. The van der Waals surface area contributed by atoms with Gasteiger partial charge in [0.15, 0.2) is 0 Å². The first kappa shape index (κ1) is 9.82. The summed E-state index contributed by atoms with van der Waals surface area (Å²) in [6.45, 7) is 2.03. The van der Waals surface area contributed by atoms with Crippen LogP contribution in [0.25, 0.3) is 5.57 Å². The molecule has 0 radical (unpaired) electrons. The van der Waals surface area contributed by atoms with Crippen LogP contribution in [0.3, 0.4) is 0 Å². The molecular formula is C10H12N2S. The number of anilines is 1. The van der Waals surface area contributed by atoms with Crippen molar-refractivity contribution in [1.29, 1.82) is 5.26 Å². The normalized spacial score (nSPS) is 11.2. The lowest BCUT2D eigenvalue weighted by Crippen LogP contribution is -1.85. The zero-order chi connectivity index (χ0) is 9.68. The lowest BCUT2D eigenvalue weighted by atomic mass is 10.2. The first-order chi connectivity index (χ1) is 6.25. The maximum absolute atomic E-state index is 8.36. The standard InChI is InChI=1S/C10H12N2S/c1-8(4-2-3-6-11)10-9(12)5-7-13-10/h4-5,7H,2-3,12H2,1H3. The number of hydrogen-bond acceptors (Lipinski definition) is 3. The van der Waals surface area contributed by atoms with Crippen molar-refractivity contribution in [3.8, 4) is 6.07 Å². The summed E-state index contributed by atoms with van der Waals surface area (Å²) in [6.07, 6.45) is 3.44. The van der Waals surface area contributed by atoms with Gasteiger partial charge in [-0.3, -0.25) is 0 Å². The summed E-state index contributed by atoms with van der Waals surface area (Å²) in [4.78, 5) is 1.12. The van der Waals surface area contributed by atoms with Gasteiger partial charge in [-0.25, -0.2) is 0 Å². The van der Waals surface area contributed by atoms with E-state index in [-0.39, 0.29) is 0 Å². The van der Waals surface area contributed by atoms with E-state index in [4.69, 9.17) is 11.0 Å². The summed E-state index contributed by atoms with van der Waals surface area (Å²) >= 11 is 1.64. The Balaban J connectivity index is 2.68. The first-order valence-electron chi connectivity index (χ1n) is 4.12. The zero-order valence-electron chi connectivity index (χ0n) is 7.58. The molecule has 3 heteroatoms. The number of allylic oxidation sites excluding steroid dienone is 2. The van der Waals surface area contributed by atoms with Crippen molar-refractivity contribution < 1.29 is 0 Å². The summed E-state index contributed by atoms with van der Waals surface area (Å²) < 4.78 is 0. The van der Waals surface area contributed by atoms with E-state index >= 15 is 0 Å². The molecule has 0 spiro atoms. The molecule has 0 aliphatic carbocycles. The maximum atomic E-state index is 8.36. The molecule has 68 valence electrons. The van der Waals surface area contributed by atoms with Crippen molar-refractivity contribution >= 4 is 22.6 Å². The van der Waals surface area contributed by atoms with E-state index in [1.54, 1.807) is 11.3 Å². The van der Waals surface area contributed by atoms with Gasteiger partial charge in [0, 0.05) is 12.1 Å². The summed E-state index contributed by atoms with van der Waals surface area (Å²) in [5.74, 6) is 0. The highest BCUT2D eigenvalue weighted by molar-refractivity contribution is 7.11. The Morgan fingerprint density at radius 2 is 2.54 bits per heavy atom. The molecule has 1 rings (SSSR count). The smallest absolute Gasteiger partial charge is 0.0625 e. The van der Waals surface area contributed by atoms with Crippen LogP contribution in [0.2, 0.25) is 0 Å². The van der Waals surface area contributed by atoms with Crippen molar-refractivity contribution in [1.82, 2.24) is 0 Å². The largest absolute Gasteiger partial charge is 0.398 e. The van der Waals surface area contributed by atoms with E-state index < -0.39 is 0 Å². The third kappa shape index (κ3) is 2.60. The van der Waals surface area contributed by atoms with Crippen LogP contribution >= 0.6 is 11.3 Å². The topological polar surface area (TPSA) is 49.8 Å². The average Bonchev–Trinajstić information content (AvgIpc) is 2.52. The molecule has 1 aromatic rings. The van der Waals surface area contributed by atoms with E-state index in [9.17, 15) is 0 Å². The van der Waals surface area contributed by atoms with Crippen molar-refractivity contribution in [3.63, 3.8) is 0 Å². The number of rotatable bonds is 3. The molecule has 0 aliphatic rings. The molecule has 0 fully saturated rings. The fraction of sp³-hybridized carbons (Fsp3) is 0.300. The number of nitrogens with two attached hydrogens (primary N) is 1. The second kappa shape index (κ2) is 4.68. The third-order valence-corrected chi connectivity index (χ3v) is 2.83. The van der Waals surface area contributed by atoms with Gasteiger partial charge in [-0.1, -0.05) is 6.08 Å². The molecule has 2 nitrogen and oxygen atoms in total. The van der Waals surface area contributed by atoms with Gasteiger partial charge in [-0.2, -0.15) is 5.26 Å². The van der Waals surface area contributed by atoms with Crippen LogP contribution in [-0.4, -0.2) is 0 Å². The van der Waals surface area contributed by atoms with Gasteiger partial charge in [0.25, 0.3) is 0 Å². The Kier molecular flexibility index (Phi) is 3.53. The average molecular weight is 192 g/mol. The van der Waals surface area contributed by atoms with E-state index in [1.807, 2.05) is 18.4 Å². The minimum absolute atomic E-state index is 0.572. The Hall–Kier alpha value is -1.27. The summed E-state index contributed by atoms with van der Waals surface area (Å²) in [7, 11) is 0. The third-order valence-electron chi connectivity index (χ3n) is 1.76. The second-order valence-electron chi connectivity index (χ2n) is 2.79. The van der Waals surface area contributed by atoms with Gasteiger partial charge >= 0.3 is 0 Å². The minimum Gasteiger partial charge on any atom is -0.398 e. The number of unbranched alkanes of at least 4 members (excludes halogenated alkanes) is 1. The number of nitrogen functional groups attached to an aromatic ring is 1. The predicted molar refractivity (Wildman–Crippen MR) is 57.2 cm³/mol. The number of thiophene rings is 1. The van der Waals surface area contributed by atoms with Gasteiger partial charge in [-0.05, 0) is 30.4 Å². The fourth-order valence-electron chi connectivity index (χ4n) is 1.09. The molecular weight excluding hydrogens is 180 g/mol. The SMILES string of the molecule is CC(=CCCC#N)c1sccc1N. The Morgan fingerprint density at radius 3 is 3.08 bits per heavy atom. The van der Waals surface area contributed by atoms with Crippen molar-refractivity contribution in [3.05, 3.63) is 22.4 Å². The van der Waals surface area contributed by atoms with Gasteiger partial charge in [0.05, 0.1) is 10.9 Å². The lowest BCUT2D eigenvalue weighted by Gasteiger charge is -1.98. The van der Waals surface area contributed by atoms with E-state index in [2.05, 4.69) is 12.1 Å². The van der Waals surface area contributed by atoms with Crippen molar-refractivity contribution in [2.24, 2.45) is 0 Å². The Labute approximate surface area is 82.3 Å². The van der Waals surface area contributed by atoms with E-state index in [0.29, 0.717) is 6.42 Å². The van der Waals surface area contributed by atoms with Crippen molar-refractivity contribution in [2.45, 2.75) is 19.8 Å².